The second-order valence-corrected chi connectivity index (χ2v) is 8.78. The summed E-state index contributed by atoms with van der Waals surface area (Å²) >= 11 is 0. The number of hydrogen-bond donors (Lipinski definition) is 1. The molecule has 2 heterocycles. The number of guanidine groups is 1. The molecule has 1 aromatic carbocycles. The van der Waals surface area contributed by atoms with Crippen molar-refractivity contribution < 1.29 is 9.47 Å². The first kappa shape index (κ1) is 22.7. The summed E-state index contributed by atoms with van der Waals surface area (Å²) in [6, 6.07) is 8.68. The lowest BCUT2D eigenvalue weighted by molar-refractivity contribution is 0.0511. The highest BCUT2D eigenvalue weighted by molar-refractivity contribution is 14.0. The van der Waals surface area contributed by atoms with Gasteiger partial charge in [0.1, 0.15) is 5.75 Å². The molecule has 6 heteroatoms. The van der Waals surface area contributed by atoms with Gasteiger partial charge in [-0.25, -0.2) is 0 Å². The first-order valence-corrected chi connectivity index (χ1v) is 11.0. The van der Waals surface area contributed by atoms with Crippen molar-refractivity contribution in [1.29, 1.82) is 0 Å². The zero-order valence-electron chi connectivity index (χ0n) is 17.9. The van der Waals surface area contributed by atoms with Crippen molar-refractivity contribution in [2.75, 3.05) is 46.5 Å². The summed E-state index contributed by atoms with van der Waals surface area (Å²) in [4.78, 5) is 7.10. The van der Waals surface area contributed by atoms with Gasteiger partial charge >= 0.3 is 0 Å². The van der Waals surface area contributed by atoms with Crippen molar-refractivity contribution in [2.45, 2.75) is 50.9 Å². The molecule has 4 rings (SSSR count). The molecule has 0 bridgehead atoms. The summed E-state index contributed by atoms with van der Waals surface area (Å²) in [5.41, 5.74) is 2.05. The summed E-state index contributed by atoms with van der Waals surface area (Å²) in [6.07, 6.45) is 7.60. The van der Waals surface area contributed by atoms with Crippen LogP contribution in [-0.2, 0) is 10.2 Å². The van der Waals surface area contributed by atoms with Gasteiger partial charge in [0.15, 0.2) is 5.96 Å². The van der Waals surface area contributed by atoms with E-state index in [9.17, 15) is 0 Å². The maximum atomic E-state index is 5.70. The van der Waals surface area contributed by atoms with Crippen LogP contribution >= 0.6 is 24.0 Å². The molecule has 162 valence electrons. The molecule has 1 aliphatic carbocycles. The second-order valence-electron chi connectivity index (χ2n) is 8.78. The van der Waals surface area contributed by atoms with Gasteiger partial charge in [0.25, 0.3) is 0 Å². The maximum Gasteiger partial charge on any atom is 0.193 e. The molecule has 0 radical (unpaired) electrons. The molecule has 5 nitrogen and oxygen atoms in total. The molecule has 1 N–H and O–H groups in total. The molecule has 0 atom stereocenters. The molecule has 1 saturated carbocycles. The fourth-order valence-corrected chi connectivity index (χ4v) is 5.18. The van der Waals surface area contributed by atoms with Gasteiger partial charge in [-0.15, -0.1) is 24.0 Å². The van der Waals surface area contributed by atoms with Crippen molar-refractivity contribution in [3.05, 3.63) is 29.8 Å². The lowest BCUT2D eigenvalue weighted by Crippen LogP contribution is -2.49. The van der Waals surface area contributed by atoms with Crippen LogP contribution in [0.25, 0.3) is 0 Å². The minimum Gasteiger partial charge on any atom is -0.494 e. The SMILES string of the molecule is CCOc1ccc(C2(CNC(=NC)N3CCC4(CCC4)C3)CCOCC2)cc1.I. The fourth-order valence-electron chi connectivity index (χ4n) is 5.18. The smallest absolute Gasteiger partial charge is 0.193 e. The Hall–Kier alpha value is -1.02. The van der Waals surface area contributed by atoms with Gasteiger partial charge < -0.3 is 19.7 Å². The zero-order chi connectivity index (χ0) is 19.5. The first-order valence-electron chi connectivity index (χ1n) is 11.0. The molecule has 1 spiro atoms. The molecule has 3 fully saturated rings. The third kappa shape index (κ3) is 4.84. The maximum absolute atomic E-state index is 5.70. The van der Waals surface area contributed by atoms with Crippen molar-refractivity contribution in [3.8, 4) is 5.75 Å². The molecular weight excluding hydrogens is 477 g/mol. The third-order valence-electron chi connectivity index (χ3n) is 7.18. The van der Waals surface area contributed by atoms with Crippen LogP contribution in [0.4, 0.5) is 0 Å². The highest BCUT2D eigenvalue weighted by atomic mass is 127. The van der Waals surface area contributed by atoms with Gasteiger partial charge in [0.2, 0.25) is 0 Å². The van der Waals surface area contributed by atoms with Gasteiger partial charge in [0.05, 0.1) is 6.61 Å². The minimum absolute atomic E-state index is 0. The molecule has 2 saturated heterocycles. The van der Waals surface area contributed by atoms with E-state index in [2.05, 4.69) is 39.5 Å². The molecular formula is C23H36IN3O2. The fraction of sp³-hybridized carbons (Fsp3) is 0.696. The van der Waals surface area contributed by atoms with Crippen molar-refractivity contribution in [1.82, 2.24) is 10.2 Å². The van der Waals surface area contributed by atoms with Crippen molar-refractivity contribution in [3.63, 3.8) is 0 Å². The molecule has 3 aliphatic rings. The van der Waals surface area contributed by atoms with Gasteiger partial charge in [0, 0.05) is 45.3 Å². The number of benzene rings is 1. The molecule has 0 unspecified atom stereocenters. The van der Waals surface area contributed by atoms with Crippen LogP contribution in [0.2, 0.25) is 0 Å². The molecule has 0 amide bonds. The van der Waals surface area contributed by atoms with E-state index in [0.717, 1.165) is 50.9 Å². The van der Waals surface area contributed by atoms with E-state index in [4.69, 9.17) is 9.47 Å². The molecule has 29 heavy (non-hydrogen) atoms. The number of hydrogen-bond acceptors (Lipinski definition) is 3. The van der Waals surface area contributed by atoms with Crippen LogP contribution in [0.3, 0.4) is 0 Å². The number of nitrogens with one attached hydrogen (secondary N) is 1. The Bertz CT molecular complexity index is 682. The van der Waals surface area contributed by atoms with E-state index in [1.165, 1.54) is 37.8 Å². The average Bonchev–Trinajstić information content (AvgIpc) is 3.16. The highest BCUT2D eigenvalue weighted by Gasteiger charge is 2.44. The standard InChI is InChI=1S/C23H35N3O2.HI/c1-3-28-20-7-5-19(6-8-20)23(12-15-27-16-13-23)17-25-21(24-2)26-14-11-22(18-26)9-4-10-22;/h5-8H,3-4,9-18H2,1-2H3,(H,24,25);1H. The van der Waals surface area contributed by atoms with Crippen molar-refractivity contribution in [2.24, 2.45) is 10.4 Å². The lowest BCUT2D eigenvalue weighted by Gasteiger charge is -2.40. The van der Waals surface area contributed by atoms with Crippen LogP contribution in [0.5, 0.6) is 5.75 Å². The van der Waals surface area contributed by atoms with E-state index in [1.807, 2.05) is 14.0 Å². The van der Waals surface area contributed by atoms with Gasteiger partial charge in [-0.1, -0.05) is 18.6 Å². The summed E-state index contributed by atoms with van der Waals surface area (Å²) in [5, 5.41) is 3.74. The third-order valence-corrected chi connectivity index (χ3v) is 7.18. The topological polar surface area (TPSA) is 46.1 Å². The van der Waals surface area contributed by atoms with Gasteiger partial charge in [-0.05, 0) is 62.1 Å². The van der Waals surface area contributed by atoms with E-state index in [-0.39, 0.29) is 29.4 Å². The highest BCUT2D eigenvalue weighted by Crippen LogP contribution is 2.48. The average molecular weight is 513 g/mol. The zero-order valence-corrected chi connectivity index (χ0v) is 20.2. The van der Waals surface area contributed by atoms with E-state index >= 15 is 0 Å². The monoisotopic (exact) mass is 513 g/mol. The van der Waals surface area contributed by atoms with Gasteiger partial charge in [-0.3, -0.25) is 4.99 Å². The summed E-state index contributed by atoms with van der Waals surface area (Å²) in [7, 11) is 1.92. The summed E-state index contributed by atoms with van der Waals surface area (Å²) in [6.45, 7) is 7.58. The quantitative estimate of drug-likeness (QED) is 0.364. The Morgan fingerprint density at radius 1 is 1.14 bits per heavy atom. The Morgan fingerprint density at radius 3 is 2.41 bits per heavy atom. The van der Waals surface area contributed by atoms with E-state index < -0.39 is 0 Å². The number of rotatable bonds is 5. The Balaban J connectivity index is 0.00000240. The van der Waals surface area contributed by atoms with Crippen LogP contribution < -0.4 is 10.1 Å². The summed E-state index contributed by atoms with van der Waals surface area (Å²) < 4.78 is 11.3. The van der Waals surface area contributed by atoms with Crippen LogP contribution in [-0.4, -0.2) is 57.4 Å². The number of likely N-dealkylation sites (tertiary alicyclic amines) is 1. The lowest BCUT2D eigenvalue weighted by atomic mass is 9.68. The minimum atomic E-state index is 0. The van der Waals surface area contributed by atoms with E-state index in [1.54, 1.807) is 0 Å². The Morgan fingerprint density at radius 2 is 1.86 bits per heavy atom. The number of halogens is 1. The molecule has 0 aromatic heterocycles. The second kappa shape index (κ2) is 9.86. The Labute approximate surface area is 192 Å². The van der Waals surface area contributed by atoms with E-state index in [0.29, 0.717) is 12.0 Å². The number of nitrogens with zero attached hydrogens (tertiary/aromatic N) is 2. The summed E-state index contributed by atoms with van der Waals surface area (Å²) in [5.74, 6) is 2.01. The predicted molar refractivity (Wildman–Crippen MR) is 129 cm³/mol. The van der Waals surface area contributed by atoms with Crippen LogP contribution in [0.1, 0.15) is 51.0 Å². The normalized spacial score (nSPS) is 22.7. The predicted octanol–water partition coefficient (Wildman–Crippen LogP) is 4.20. The number of ether oxygens (including phenoxy) is 2. The van der Waals surface area contributed by atoms with Crippen LogP contribution in [0, 0.1) is 5.41 Å². The number of aliphatic imine (C=N–C) groups is 1. The first-order chi connectivity index (χ1) is 13.7. The van der Waals surface area contributed by atoms with Gasteiger partial charge in [-0.2, -0.15) is 0 Å². The molecule has 2 aliphatic heterocycles. The van der Waals surface area contributed by atoms with Crippen LogP contribution in [0.15, 0.2) is 29.3 Å². The largest absolute Gasteiger partial charge is 0.494 e. The molecule has 1 aromatic rings. The van der Waals surface area contributed by atoms with Crippen molar-refractivity contribution >= 4 is 29.9 Å². The Kier molecular flexibility index (Phi) is 7.70.